The molecule has 2 aromatic rings. The van der Waals surface area contributed by atoms with Crippen LogP contribution in [0.1, 0.15) is 12.8 Å². The highest BCUT2D eigenvalue weighted by molar-refractivity contribution is 6.23. The molecule has 0 aliphatic carbocycles. The monoisotopic (exact) mass is 492 g/mol. The topological polar surface area (TPSA) is 99.7 Å². The summed E-state index contributed by atoms with van der Waals surface area (Å²) >= 11 is 0. The van der Waals surface area contributed by atoms with E-state index in [0.29, 0.717) is 49.1 Å². The molecule has 0 aromatic heterocycles. The molecule has 2 atom stereocenters. The van der Waals surface area contributed by atoms with Crippen LogP contribution in [0, 0.1) is 0 Å². The van der Waals surface area contributed by atoms with Crippen LogP contribution >= 0.6 is 0 Å². The molecule has 3 fully saturated rings. The molecule has 3 aliphatic rings. The van der Waals surface area contributed by atoms with E-state index in [1.807, 2.05) is 9.80 Å². The van der Waals surface area contributed by atoms with Gasteiger partial charge in [0.2, 0.25) is 11.8 Å². The molecule has 0 saturated carbocycles. The van der Waals surface area contributed by atoms with Crippen LogP contribution in [0.25, 0.3) is 0 Å². The maximum atomic E-state index is 13.2. The SMILES string of the molecule is COc1cccc(N2C(=O)C[C@@H](N3CCN([C@H]4CC(=O)N(c5cccc(OC)c5)C4=O)CC3)C2=O)c1. The lowest BCUT2D eigenvalue weighted by Crippen LogP contribution is -2.56. The number of carbonyl (C=O) groups excluding carboxylic acids is 4. The van der Waals surface area contributed by atoms with Gasteiger partial charge in [0, 0.05) is 38.3 Å². The Bertz CT molecular complexity index is 1110. The van der Waals surface area contributed by atoms with Gasteiger partial charge in [-0.25, -0.2) is 9.80 Å². The van der Waals surface area contributed by atoms with Crippen molar-refractivity contribution in [3.05, 3.63) is 48.5 Å². The first-order chi connectivity index (χ1) is 17.4. The molecule has 0 radical (unpaired) electrons. The molecule has 0 spiro atoms. The fraction of sp³-hybridized carbons (Fsp3) is 0.385. The second-order valence-corrected chi connectivity index (χ2v) is 9.05. The molecular formula is C26H28N4O6. The average molecular weight is 493 g/mol. The zero-order valence-electron chi connectivity index (χ0n) is 20.3. The van der Waals surface area contributed by atoms with Crippen LogP contribution in [0.5, 0.6) is 11.5 Å². The number of benzene rings is 2. The van der Waals surface area contributed by atoms with E-state index in [1.165, 1.54) is 24.0 Å². The van der Waals surface area contributed by atoms with Crippen molar-refractivity contribution in [1.29, 1.82) is 0 Å². The molecule has 0 unspecified atom stereocenters. The summed E-state index contributed by atoms with van der Waals surface area (Å²) in [6, 6.07) is 12.7. The van der Waals surface area contributed by atoms with Crippen molar-refractivity contribution in [2.75, 3.05) is 50.2 Å². The van der Waals surface area contributed by atoms with E-state index < -0.39 is 12.1 Å². The zero-order chi connectivity index (χ0) is 25.4. The lowest BCUT2D eigenvalue weighted by molar-refractivity contribution is -0.126. The fourth-order valence-corrected chi connectivity index (χ4v) is 5.20. The van der Waals surface area contributed by atoms with Crippen LogP contribution in [-0.4, -0.2) is 85.9 Å². The van der Waals surface area contributed by atoms with Gasteiger partial charge in [0.1, 0.15) is 11.5 Å². The van der Waals surface area contributed by atoms with Crippen LogP contribution < -0.4 is 19.3 Å². The first kappa shape index (κ1) is 24.0. The van der Waals surface area contributed by atoms with Gasteiger partial charge >= 0.3 is 0 Å². The van der Waals surface area contributed by atoms with Crippen LogP contribution in [0.3, 0.4) is 0 Å². The smallest absolute Gasteiger partial charge is 0.251 e. The van der Waals surface area contributed by atoms with Gasteiger partial charge in [-0.2, -0.15) is 0 Å². The predicted octanol–water partition coefficient (Wildman–Crippen LogP) is 1.29. The number of rotatable bonds is 6. The van der Waals surface area contributed by atoms with Crippen molar-refractivity contribution in [2.45, 2.75) is 24.9 Å². The molecular weight excluding hydrogens is 464 g/mol. The number of hydrogen-bond donors (Lipinski definition) is 0. The summed E-state index contributed by atoms with van der Waals surface area (Å²) in [7, 11) is 3.07. The normalized spacial score (nSPS) is 23.6. The maximum Gasteiger partial charge on any atom is 0.251 e. The Morgan fingerprint density at radius 3 is 1.39 bits per heavy atom. The molecule has 3 aliphatic heterocycles. The molecule has 10 heteroatoms. The van der Waals surface area contributed by atoms with Crippen LogP contribution in [-0.2, 0) is 19.2 Å². The third-order valence-electron chi connectivity index (χ3n) is 7.10. The highest BCUT2D eigenvalue weighted by Gasteiger charge is 2.46. The van der Waals surface area contributed by atoms with Crippen molar-refractivity contribution < 1.29 is 28.7 Å². The Morgan fingerprint density at radius 2 is 1.03 bits per heavy atom. The molecule has 36 heavy (non-hydrogen) atoms. The Morgan fingerprint density at radius 1 is 0.639 bits per heavy atom. The number of piperazine rings is 1. The minimum absolute atomic E-state index is 0.112. The van der Waals surface area contributed by atoms with Gasteiger partial charge in [0.05, 0.1) is 50.5 Å². The van der Waals surface area contributed by atoms with E-state index in [0.717, 1.165) is 0 Å². The molecule has 3 heterocycles. The highest BCUT2D eigenvalue weighted by Crippen LogP contribution is 2.31. The number of carbonyl (C=O) groups is 4. The van der Waals surface area contributed by atoms with Gasteiger partial charge in [-0.1, -0.05) is 12.1 Å². The van der Waals surface area contributed by atoms with Crippen LogP contribution in [0.2, 0.25) is 0 Å². The fourth-order valence-electron chi connectivity index (χ4n) is 5.20. The summed E-state index contributed by atoms with van der Waals surface area (Å²) in [4.78, 5) is 58.3. The number of amides is 4. The van der Waals surface area contributed by atoms with Crippen molar-refractivity contribution in [2.24, 2.45) is 0 Å². The van der Waals surface area contributed by atoms with Crippen LogP contribution in [0.4, 0.5) is 11.4 Å². The summed E-state index contributed by atoms with van der Waals surface area (Å²) in [6.45, 7) is 2.08. The number of anilines is 2. The highest BCUT2D eigenvalue weighted by atomic mass is 16.5. The van der Waals surface area contributed by atoms with Crippen LogP contribution in [0.15, 0.2) is 48.5 Å². The Labute approximate surface area is 208 Å². The van der Waals surface area contributed by atoms with E-state index in [2.05, 4.69) is 0 Å². The largest absolute Gasteiger partial charge is 0.497 e. The molecule has 188 valence electrons. The maximum absolute atomic E-state index is 13.2. The van der Waals surface area contributed by atoms with Gasteiger partial charge < -0.3 is 9.47 Å². The molecule has 3 saturated heterocycles. The number of hydrogen-bond acceptors (Lipinski definition) is 8. The lowest BCUT2D eigenvalue weighted by atomic mass is 10.1. The standard InChI is InChI=1S/C26H28N4O6/c1-35-19-7-3-5-17(13-19)29-23(31)15-21(25(29)33)27-9-11-28(12-10-27)22-16-24(32)30(26(22)34)18-6-4-8-20(14-18)36-2/h3-8,13-14,21-22H,9-12,15-16H2,1-2H3/t21-,22+. The summed E-state index contributed by atoms with van der Waals surface area (Å²) < 4.78 is 10.5. The number of nitrogens with zero attached hydrogens (tertiary/aromatic N) is 4. The number of methoxy groups -OCH3 is 2. The third kappa shape index (κ3) is 4.22. The Balaban J connectivity index is 1.23. The first-order valence-corrected chi connectivity index (χ1v) is 11.9. The van der Waals surface area contributed by atoms with Gasteiger partial charge in [-0.15, -0.1) is 0 Å². The summed E-state index contributed by atoms with van der Waals surface area (Å²) in [5, 5.41) is 0. The molecule has 2 aromatic carbocycles. The van der Waals surface area contributed by atoms with Crippen molar-refractivity contribution in [3.63, 3.8) is 0 Å². The Kier molecular flexibility index (Phi) is 6.46. The molecule has 10 nitrogen and oxygen atoms in total. The summed E-state index contributed by atoms with van der Waals surface area (Å²) in [6.07, 6.45) is 0.223. The molecule has 0 bridgehead atoms. The lowest BCUT2D eigenvalue weighted by Gasteiger charge is -2.38. The molecule has 5 rings (SSSR count). The molecule has 4 amide bonds. The van der Waals surface area contributed by atoms with Gasteiger partial charge in [0.25, 0.3) is 11.8 Å². The number of ether oxygens (including phenoxy) is 2. The predicted molar refractivity (Wildman–Crippen MR) is 131 cm³/mol. The minimum Gasteiger partial charge on any atom is -0.497 e. The van der Waals surface area contributed by atoms with Gasteiger partial charge in [0.15, 0.2) is 0 Å². The third-order valence-corrected chi connectivity index (χ3v) is 7.10. The summed E-state index contributed by atoms with van der Waals surface area (Å²) in [5.41, 5.74) is 0.997. The summed E-state index contributed by atoms with van der Waals surface area (Å²) in [5.74, 6) is 0.154. The van der Waals surface area contributed by atoms with E-state index in [1.54, 1.807) is 48.5 Å². The van der Waals surface area contributed by atoms with Gasteiger partial charge in [-0.05, 0) is 24.3 Å². The second-order valence-electron chi connectivity index (χ2n) is 9.05. The van der Waals surface area contributed by atoms with E-state index >= 15 is 0 Å². The first-order valence-electron chi connectivity index (χ1n) is 11.9. The van der Waals surface area contributed by atoms with E-state index in [-0.39, 0.29) is 36.5 Å². The molecule has 0 N–H and O–H groups in total. The minimum atomic E-state index is -0.542. The van der Waals surface area contributed by atoms with Crippen molar-refractivity contribution in [1.82, 2.24) is 9.80 Å². The quantitative estimate of drug-likeness (QED) is 0.557. The number of imide groups is 2. The average Bonchev–Trinajstić information content (AvgIpc) is 3.37. The van der Waals surface area contributed by atoms with Crippen molar-refractivity contribution in [3.8, 4) is 11.5 Å². The zero-order valence-corrected chi connectivity index (χ0v) is 20.3. The second kappa shape index (κ2) is 9.71. The van der Waals surface area contributed by atoms with Crippen molar-refractivity contribution >= 4 is 35.0 Å². The van der Waals surface area contributed by atoms with E-state index in [9.17, 15) is 19.2 Å². The Hall–Kier alpha value is -3.76. The van der Waals surface area contributed by atoms with Gasteiger partial charge in [-0.3, -0.25) is 29.0 Å². The van der Waals surface area contributed by atoms with E-state index in [4.69, 9.17) is 9.47 Å².